The topological polar surface area (TPSA) is 130 Å². The molecule has 0 aliphatic carbocycles. The second-order valence-corrected chi connectivity index (χ2v) is 4.87. The van der Waals surface area contributed by atoms with E-state index in [1.165, 1.54) is 43.3 Å². The van der Waals surface area contributed by atoms with Crippen molar-refractivity contribution < 1.29 is 24.6 Å². The Bertz CT molecular complexity index is 797. The van der Waals surface area contributed by atoms with E-state index >= 15 is 0 Å². The number of nitrogens with two attached hydrogens (primary N) is 1. The standard InChI is InChI=1S/C16H14N2O5/c1-8-2-7-11(15(20)21)13(12(8)16(22)23)18-14(19)9-3-5-10(17)6-4-9/h2-7H,17H2,1H3,(H,18,19)(H,20,21)(H,22,23). The third-order valence-electron chi connectivity index (χ3n) is 3.27. The summed E-state index contributed by atoms with van der Waals surface area (Å²) in [6, 6.07) is 8.58. The molecule has 2 aromatic carbocycles. The second-order valence-electron chi connectivity index (χ2n) is 4.87. The predicted molar refractivity (Wildman–Crippen MR) is 83.9 cm³/mol. The van der Waals surface area contributed by atoms with Crippen LogP contribution in [0, 0.1) is 6.92 Å². The van der Waals surface area contributed by atoms with E-state index in [4.69, 9.17) is 5.73 Å². The Morgan fingerprint density at radius 1 is 0.957 bits per heavy atom. The van der Waals surface area contributed by atoms with E-state index in [9.17, 15) is 24.6 Å². The number of amides is 1. The van der Waals surface area contributed by atoms with Crippen molar-refractivity contribution in [1.82, 2.24) is 0 Å². The fourth-order valence-electron chi connectivity index (χ4n) is 2.11. The van der Waals surface area contributed by atoms with Crippen molar-refractivity contribution in [2.24, 2.45) is 0 Å². The second kappa shape index (κ2) is 6.18. The number of carbonyl (C=O) groups is 3. The van der Waals surface area contributed by atoms with Crippen LogP contribution in [0.25, 0.3) is 0 Å². The lowest BCUT2D eigenvalue weighted by Gasteiger charge is -2.14. The largest absolute Gasteiger partial charge is 0.478 e. The highest BCUT2D eigenvalue weighted by Crippen LogP contribution is 2.26. The maximum absolute atomic E-state index is 12.2. The van der Waals surface area contributed by atoms with Crippen LogP contribution in [0.4, 0.5) is 11.4 Å². The molecule has 0 saturated carbocycles. The Hall–Kier alpha value is -3.35. The van der Waals surface area contributed by atoms with Gasteiger partial charge in [0.25, 0.3) is 5.91 Å². The summed E-state index contributed by atoms with van der Waals surface area (Å²) in [7, 11) is 0. The normalized spacial score (nSPS) is 10.1. The Labute approximate surface area is 131 Å². The SMILES string of the molecule is Cc1ccc(C(=O)O)c(NC(=O)c2ccc(N)cc2)c1C(=O)O. The molecule has 0 aromatic heterocycles. The number of carboxylic acids is 2. The van der Waals surface area contributed by atoms with Crippen LogP contribution in [0.2, 0.25) is 0 Å². The number of nitrogens with one attached hydrogen (secondary N) is 1. The van der Waals surface area contributed by atoms with E-state index in [2.05, 4.69) is 5.32 Å². The predicted octanol–water partition coefficient (Wildman–Crippen LogP) is 2.23. The summed E-state index contributed by atoms with van der Waals surface area (Å²) in [5.74, 6) is -3.28. The average molecular weight is 314 g/mol. The molecule has 0 bridgehead atoms. The smallest absolute Gasteiger partial charge is 0.338 e. The first-order chi connectivity index (χ1) is 10.8. The summed E-state index contributed by atoms with van der Waals surface area (Å²) in [5.41, 5.74) is 5.79. The van der Waals surface area contributed by atoms with Gasteiger partial charge in [0.05, 0.1) is 16.8 Å². The molecule has 1 amide bonds. The van der Waals surface area contributed by atoms with Gasteiger partial charge in [-0.25, -0.2) is 9.59 Å². The van der Waals surface area contributed by atoms with E-state index in [1.54, 1.807) is 0 Å². The molecule has 5 N–H and O–H groups in total. The molecule has 2 rings (SSSR count). The van der Waals surface area contributed by atoms with Crippen molar-refractivity contribution in [2.75, 3.05) is 11.1 Å². The van der Waals surface area contributed by atoms with Gasteiger partial charge in [-0.1, -0.05) is 6.07 Å². The van der Waals surface area contributed by atoms with Crippen molar-refractivity contribution in [1.29, 1.82) is 0 Å². The molecular weight excluding hydrogens is 300 g/mol. The zero-order valence-corrected chi connectivity index (χ0v) is 12.2. The van der Waals surface area contributed by atoms with E-state index in [0.29, 0.717) is 11.3 Å². The number of hydrogen-bond donors (Lipinski definition) is 4. The first-order valence-corrected chi connectivity index (χ1v) is 6.58. The van der Waals surface area contributed by atoms with Gasteiger partial charge in [0.2, 0.25) is 0 Å². The van der Waals surface area contributed by atoms with Crippen LogP contribution in [-0.2, 0) is 0 Å². The monoisotopic (exact) mass is 314 g/mol. The lowest BCUT2D eigenvalue weighted by Crippen LogP contribution is -2.19. The Morgan fingerprint density at radius 2 is 1.57 bits per heavy atom. The molecule has 118 valence electrons. The Balaban J connectivity index is 2.51. The highest BCUT2D eigenvalue weighted by Gasteiger charge is 2.22. The molecule has 0 saturated heterocycles. The van der Waals surface area contributed by atoms with Crippen LogP contribution in [0.5, 0.6) is 0 Å². The van der Waals surface area contributed by atoms with Gasteiger partial charge in [0.15, 0.2) is 0 Å². The number of carboxylic acid groups (broad SMARTS) is 2. The minimum absolute atomic E-state index is 0.230. The first-order valence-electron chi connectivity index (χ1n) is 6.58. The molecule has 0 atom stereocenters. The molecule has 0 heterocycles. The van der Waals surface area contributed by atoms with Crippen LogP contribution >= 0.6 is 0 Å². The van der Waals surface area contributed by atoms with Gasteiger partial charge in [-0.15, -0.1) is 0 Å². The number of rotatable bonds is 4. The third kappa shape index (κ3) is 3.29. The molecule has 7 heteroatoms. The fraction of sp³-hybridized carbons (Fsp3) is 0.0625. The van der Waals surface area contributed by atoms with Gasteiger partial charge in [-0.3, -0.25) is 4.79 Å². The van der Waals surface area contributed by atoms with Crippen molar-refractivity contribution in [3.05, 3.63) is 58.7 Å². The summed E-state index contributed by atoms with van der Waals surface area (Å²) >= 11 is 0. The third-order valence-corrected chi connectivity index (χ3v) is 3.27. The van der Waals surface area contributed by atoms with E-state index in [0.717, 1.165) is 0 Å². The van der Waals surface area contributed by atoms with Crippen LogP contribution in [0.15, 0.2) is 36.4 Å². The number of hydrogen-bond acceptors (Lipinski definition) is 4. The van der Waals surface area contributed by atoms with Crippen LogP contribution < -0.4 is 11.1 Å². The molecule has 2 aromatic rings. The summed E-state index contributed by atoms with van der Waals surface area (Å²) in [6.45, 7) is 1.52. The van der Waals surface area contributed by atoms with Gasteiger partial charge < -0.3 is 21.3 Å². The summed E-state index contributed by atoms with van der Waals surface area (Å²) in [5, 5.41) is 20.9. The van der Waals surface area contributed by atoms with Crippen molar-refractivity contribution in [2.45, 2.75) is 6.92 Å². The lowest BCUT2D eigenvalue weighted by molar-refractivity contribution is 0.0695. The maximum atomic E-state index is 12.2. The fourth-order valence-corrected chi connectivity index (χ4v) is 2.11. The number of carbonyl (C=O) groups excluding carboxylic acids is 1. The molecule has 0 spiro atoms. The molecule has 0 fully saturated rings. The summed E-state index contributed by atoms with van der Waals surface area (Å²) < 4.78 is 0. The highest BCUT2D eigenvalue weighted by molar-refractivity contribution is 6.12. The van der Waals surface area contributed by atoms with Crippen molar-refractivity contribution in [3.8, 4) is 0 Å². The quantitative estimate of drug-likeness (QED) is 0.640. The summed E-state index contributed by atoms with van der Waals surface area (Å²) in [6.07, 6.45) is 0. The van der Waals surface area contributed by atoms with Gasteiger partial charge in [-0.2, -0.15) is 0 Å². The molecule has 0 aliphatic rings. The molecule has 0 radical (unpaired) electrons. The highest BCUT2D eigenvalue weighted by atomic mass is 16.4. The maximum Gasteiger partial charge on any atom is 0.338 e. The number of aryl methyl sites for hydroxylation is 1. The van der Waals surface area contributed by atoms with Crippen LogP contribution in [-0.4, -0.2) is 28.1 Å². The van der Waals surface area contributed by atoms with E-state index in [-0.39, 0.29) is 22.4 Å². The van der Waals surface area contributed by atoms with Crippen molar-refractivity contribution >= 4 is 29.2 Å². The van der Waals surface area contributed by atoms with Gasteiger partial charge in [0, 0.05) is 11.3 Å². The zero-order valence-electron chi connectivity index (χ0n) is 12.2. The Kier molecular flexibility index (Phi) is 4.31. The number of aromatic carboxylic acids is 2. The minimum atomic E-state index is -1.33. The van der Waals surface area contributed by atoms with E-state index in [1.807, 2.05) is 0 Å². The van der Waals surface area contributed by atoms with Crippen LogP contribution in [0.3, 0.4) is 0 Å². The van der Waals surface area contributed by atoms with Crippen LogP contribution in [0.1, 0.15) is 36.6 Å². The number of anilines is 2. The molecule has 23 heavy (non-hydrogen) atoms. The van der Waals surface area contributed by atoms with Crippen molar-refractivity contribution in [3.63, 3.8) is 0 Å². The minimum Gasteiger partial charge on any atom is -0.478 e. The van der Waals surface area contributed by atoms with E-state index < -0.39 is 17.8 Å². The zero-order chi connectivity index (χ0) is 17.1. The average Bonchev–Trinajstić information content (AvgIpc) is 2.47. The Morgan fingerprint density at radius 3 is 2.09 bits per heavy atom. The molecule has 7 nitrogen and oxygen atoms in total. The number of nitrogen functional groups attached to an aromatic ring is 1. The van der Waals surface area contributed by atoms with Gasteiger partial charge in [-0.05, 0) is 42.8 Å². The molecular formula is C16H14N2O5. The molecule has 0 unspecified atom stereocenters. The first kappa shape index (κ1) is 16.0. The van der Waals surface area contributed by atoms with Gasteiger partial charge >= 0.3 is 11.9 Å². The summed E-state index contributed by atoms with van der Waals surface area (Å²) in [4.78, 5) is 35.0. The van der Waals surface area contributed by atoms with Gasteiger partial charge in [0.1, 0.15) is 0 Å². The number of benzene rings is 2. The lowest BCUT2D eigenvalue weighted by atomic mass is 10.0. The molecule has 0 aliphatic heterocycles.